The molecule has 2 aliphatic rings. The van der Waals surface area contributed by atoms with Crippen LogP contribution in [0.5, 0.6) is 0 Å². The van der Waals surface area contributed by atoms with E-state index in [4.69, 9.17) is 4.74 Å². The Morgan fingerprint density at radius 1 is 1.50 bits per heavy atom. The maximum absolute atomic E-state index is 12.3. The summed E-state index contributed by atoms with van der Waals surface area (Å²) in [6, 6.07) is 0.285. The van der Waals surface area contributed by atoms with E-state index in [1.54, 1.807) is 0 Å². The average molecular weight is 277 g/mol. The van der Waals surface area contributed by atoms with E-state index in [9.17, 15) is 4.79 Å². The molecule has 0 aromatic carbocycles. The van der Waals surface area contributed by atoms with E-state index < -0.39 is 0 Å². The van der Waals surface area contributed by atoms with Crippen molar-refractivity contribution >= 4 is 18.3 Å². The Morgan fingerprint density at radius 2 is 2.28 bits per heavy atom. The van der Waals surface area contributed by atoms with Crippen LogP contribution in [0.25, 0.3) is 0 Å². The van der Waals surface area contributed by atoms with Gasteiger partial charge in [0.25, 0.3) is 0 Å². The highest BCUT2D eigenvalue weighted by molar-refractivity contribution is 5.85. The first-order valence-electron chi connectivity index (χ1n) is 6.82. The summed E-state index contributed by atoms with van der Waals surface area (Å²) in [4.78, 5) is 14.4. The first-order chi connectivity index (χ1) is 8.20. The van der Waals surface area contributed by atoms with Gasteiger partial charge in [-0.25, -0.2) is 0 Å². The van der Waals surface area contributed by atoms with Crippen molar-refractivity contribution in [2.45, 2.75) is 45.3 Å². The lowest BCUT2D eigenvalue weighted by atomic mass is 10.0. The summed E-state index contributed by atoms with van der Waals surface area (Å²) in [5.41, 5.74) is 0. The Morgan fingerprint density at radius 3 is 2.89 bits per heavy atom. The minimum Gasteiger partial charge on any atom is -0.375 e. The molecule has 1 N–H and O–H groups in total. The van der Waals surface area contributed by atoms with Gasteiger partial charge in [0.2, 0.25) is 5.91 Å². The van der Waals surface area contributed by atoms with Gasteiger partial charge in [0.05, 0.1) is 18.8 Å². The SMILES string of the molecule is CCC1COC(C)CN1C(=O)CC1CCNC1.Cl. The molecule has 0 aliphatic carbocycles. The fourth-order valence-electron chi connectivity index (χ4n) is 2.74. The molecule has 2 aliphatic heterocycles. The van der Waals surface area contributed by atoms with Crippen molar-refractivity contribution in [1.82, 2.24) is 10.2 Å². The van der Waals surface area contributed by atoms with Crippen molar-refractivity contribution in [1.29, 1.82) is 0 Å². The molecule has 1 amide bonds. The number of carbonyl (C=O) groups excluding carboxylic acids is 1. The third-order valence-corrected chi connectivity index (χ3v) is 3.88. The van der Waals surface area contributed by atoms with E-state index in [2.05, 4.69) is 12.2 Å². The zero-order valence-electron chi connectivity index (χ0n) is 11.4. The van der Waals surface area contributed by atoms with Crippen molar-refractivity contribution in [3.8, 4) is 0 Å². The Kier molecular flexibility index (Phi) is 6.39. The second-order valence-corrected chi connectivity index (χ2v) is 5.32. The van der Waals surface area contributed by atoms with Crippen molar-refractivity contribution in [3.63, 3.8) is 0 Å². The quantitative estimate of drug-likeness (QED) is 0.848. The van der Waals surface area contributed by atoms with Crippen molar-refractivity contribution < 1.29 is 9.53 Å². The molecule has 2 heterocycles. The minimum absolute atomic E-state index is 0. The fraction of sp³-hybridized carbons (Fsp3) is 0.923. The molecule has 2 fully saturated rings. The zero-order chi connectivity index (χ0) is 12.3. The lowest BCUT2D eigenvalue weighted by Gasteiger charge is -2.38. The van der Waals surface area contributed by atoms with E-state index in [1.165, 1.54) is 0 Å². The number of nitrogens with zero attached hydrogens (tertiary/aromatic N) is 1. The molecule has 3 atom stereocenters. The van der Waals surface area contributed by atoms with Gasteiger partial charge < -0.3 is 15.0 Å². The molecule has 0 saturated carbocycles. The lowest BCUT2D eigenvalue weighted by Crippen LogP contribution is -2.51. The topological polar surface area (TPSA) is 41.6 Å². The van der Waals surface area contributed by atoms with Crippen LogP contribution >= 0.6 is 12.4 Å². The largest absolute Gasteiger partial charge is 0.375 e. The number of hydrogen-bond donors (Lipinski definition) is 1. The normalized spacial score (nSPS) is 32.1. The second-order valence-electron chi connectivity index (χ2n) is 5.32. The van der Waals surface area contributed by atoms with Crippen molar-refractivity contribution in [2.24, 2.45) is 5.92 Å². The molecular formula is C13H25ClN2O2. The Labute approximate surface area is 116 Å². The van der Waals surface area contributed by atoms with Crippen LogP contribution in [0.4, 0.5) is 0 Å². The molecule has 5 heteroatoms. The van der Waals surface area contributed by atoms with E-state index in [1.807, 2.05) is 11.8 Å². The molecule has 3 unspecified atom stereocenters. The van der Waals surface area contributed by atoms with E-state index >= 15 is 0 Å². The van der Waals surface area contributed by atoms with Gasteiger partial charge in [0.15, 0.2) is 0 Å². The maximum Gasteiger partial charge on any atom is 0.223 e. The van der Waals surface area contributed by atoms with E-state index in [0.717, 1.165) is 32.5 Å². The second kappa shape index (κ2) is 7.31. The lowest BCUT2D eigenvalue weighted by molar-refractivity contribution is -0.145. The summed E-state index contributed by atoms with van der Waals surface area (Å²) in [5.74, 6) is 0.860. The van der Waals surface area contributed by atoms with Crippen LogP contribution in [0.15, 0.2) is 0 Å². The van der Waals surface area contributed by atoms with Gasteiger partial charge in [-0.05, 0) is 38.8 Å². The molecule has 0 aromatic heterocycles. The molecule has 0 bridgehead atoms. The van der Waals surface area contributed by atoms with E-state index in [0.29, 0.717) is 24.9 Å². The Bertz CT molecular complexity index is 270. The zero-order valence-corrected chi connectivity index (χ0v) is 12.2. The predicted molar refractivity (Wildman–Crippen MR) is 74.0 cm³/mol. The molecule has 18 heavy (non-hydrogen) atoms. The number of nitrogens with one attached hydrogen (secondary N) is 1. The number of rotatable bonds is 3. The summed E-state index contributed by atoms with van der Waals surface area (Å²) in [6.45, 7) is 7.70. The van der Waals surface area contributed by atoms with Crippen LogP contribution in [0.1, 0.15) is 33.1 Å². The molecule has 0 radical (unpaired) electrons. The van der Waals surface area contributed by atoms with Gasteiger partial charge in [-0.15, -0.1) is 12.4 Å². The van der Waals surface area contributed by atoms with Crippen LogP contribution < -0.4 is 5.32 Å². The van der Waals surface area contributed by atoms with Crippen LogP contribution in [-0.4, -0.2) is 49.2 Å². The number of hydrogen-bond acceptors (Lipinski definition) is 3. The first-order valence-corrected chi connectivity index (χ1v) is 6.82. The van der Waals surface area contributed by atoms with E-state index in [-0.39, 0.29) is 24.6 Å². The molecule has 0 aromatic rings. The minimum atomic E-state index is 0. The molecule has 2 saturated heterocycles. The van der Waals surface area contributed by atoms with Crippen LogP contribution in [-0.2, 0) is 9.53 Å². The van der Waals surface area contributed by atoms with Gasteiger partial charge in [0, 0.05) is 13.0 Å². The van der Waals surface area contributed by atoms with Gasteiger partial charge >= 0.3 is 0 Å². The molecule has 4 nitrogen and oxygen atoms in total. The van der Waals surface area contributed by atoms with Crippen molar-refractivity contribution in [2.75, 3.05) is 26.2 Å². The highest BCUT2D eigenvalue weighted by Gasteiger charge is 2.30. The number of morpholine rings is 1. The summed E-state index contributed by atoms with van der Waals surface area (Å²) in [7, 11) is 0. The summed E-state index contributed by atoms with van der Waals surface area (Å²) in [5, 5.41) is 3.32. The summed E-state index contributed by atoms with van der Waals surface area (Å²) < 4.78 is 5.63. The molecule has 0 spiro atoms. The highest BCUT2D eigenvalue weighted by Crippen LogP contribution is 2.19. The van der Waals surface area contributed by atoms with Gasteiger partial charge in [-0.2, -0.15) is 0 Å². The number of carbonyl (C=O) groups is 1. The Hall–Kier alpha value is -0.320. The van der Waals surface area contributed by atoms with Crippen LogP contribution in [0, 0.1) is 5.92 Å². The van der Waals surface area contributed by atoms with Gasteiger partial charge in [-0.3, -0.25) is 4.79 Å². The van der Waals surface area contributed by atoms with Gasteiger partial charge in [0.1, 0.15) is 0 Å². The van der Waals surface area contributed by atoms with Crippen molar-refractivity contribution in [3.05, 3.63) is 0 Å². The van der Waals surface area contributed by atoms with Crippen LogP contribution in [0.3, 0.4) is 0 Å². The standard InChI is InChI=1S/C13H24N2O2.ClH/c1-3-12-9-17-10(2)8-15(12)13(16)6-11-4-5-14-7-11;/h10-12,14H,3-9H2,1-2H3;1H. The third-order valence-electron chi connectivity index (χ3n) is 3.88. The smallest absolute Gasteiger partial charge is 0.223 e. The number of halogens is 1. The number of amides is 1. The fourth-order valence-corrected chi connectivity index (χ4v) is 2.74. The first kappa shape index (κ1) is 15.7. The molecular weight excluding hydrogens is 252 g/mol. The van der Waals surface area contributed by atoms with Gasteiger partial charge in [-0.1, -0.05) is 6.92 Å². The monoisotopic (exact) mass is 276 g/mol. The summed E-state index contributed by atoms with van der Waals surface area (Å²) >= 11 is 0. The molecule has 106 valence electrons. The Balaban J connectivity index is 0.00000162. The average Bonchev–Trinajstić information content (AvgIpc) is 2.81. The predicted octanol–water partition coefficient (Wildman–Crippen LogP) is 1.43. The third kappa shape index (κ3) is 3.84. The van der Waals surface area contributed by atoms with Crippen LogP contribution in [0.2, 0.25) is 0 Å². The summed E-state index contributed by atoms with van der Waals surface area (Å²) in [6.07, 6.45) is 3.02. The molecule has 2 rings (SSSR count). The number of ether oxygens (including phenoxy) is 1. The highest BCUT2D eigenvalue weighted by atomic mass is 35.5. The maximum atomic E-state index is 12.3.